The SMILES string of the molecule is CC(C)c1cc(C(=O)N2CCC[C@@H]2c2[nH]ncc2-c2ccncc2)n[nH]1. The number of nitrogens with one attached hydrogen (secondary N) is 2. The zero-order chi connectivity index (χ0) is 18.1. The van der Waals surface area contributed by atoms with Gasteiger partial charge in [-0.25, -0.2) is 0 Å². The second-order valence-corrected chi connectivity index (χ2v) is 6.95. The quantitative estimate of drug-likeness (QED) is 0.755. The van der Waals surface area contributed by atoms with Crippen molar-refractivity contribution in [2.75, 3.05) is 6.54 Å². The molecule has 2 N–H and O–H groups in total. The summed E-state index contributed by atoms with van der Waals surface area (Å²) >= 11 is 0. The van der Waals surface area contributed by atoms with Gasteiger partial charge < -0.3 is 4.90 Å². The molecule has 0 radical (unpaired) electrons. The molecule has 26 heavy (non-hydrogen) atoms. The molecule has 1 atom stereocenters. The Kier molecular flexibility index (Phi) is 4.28. The zero-order valence-electron chi connectivity index (χ0n) is 14.9. The van der Waals surface area contributed by atoms with E-state index in [9.17, 15) is 4.79 Å². The molecule has 1 saturated heterocycles. The molecule has 0 bridgehead atoms. The summed E-state index contributed by atoms with van der Waals surface area (Å²) in [5.41, 5.74) is 4.49. The number of amides is 1. The molecule has 1 aliphatic rings. The lowest BCUT2D eigenvalue weighted by Crippen LogP contribution is -2.31. The van der Waals surface area contributed by atoms with Crippen LogP contribution in [0.5, 0.6) is 0 Å². The second kappa shape index (κ2) is 6.74. The number of H-pyrrole nitrogens is 2. The molecule has 134 valence electrons. The van der Waals surface area contributed by atoms with E-state index < -0.39 is 0 Å². The Balaban J connectivity index is 1.63. The van der Waals surface area contributed by atoms with Crippen molar-refractivity contribution >= 4 is 5.91 Å². The number of aromatic amines is 2. The van der Waals surface area contributed by atoms with Crippen LogP contribution in [0.3, 0.4) is 0 Å². The standard InChI is InChI=1S/C19H22N6O/c1-12(2)15-10-16(23-22-15)19(26)25-9-3-4-17(25)18-14(11-21-24-18)13-5-7-20-8-6-13/h5-8,10-12,17H,3-4,9H2,1-2H3,(H,21,24)(H,22,23)/t17-/m1/s1. The van der Waals surface area contributed by atoms with Crippen molar-refractivity contribution in [3.63, 3.8) is 0 Å². The smallest absolute Gasteiger partial charge is 0.274 e. The van der Waals surface area contributed by atoms with E-state index in [2.05, 4.69) is 39.2 Å². The lowest BCUT2D eigenvalue weighted by atomic mass is 10.0. The number of carbonyl (C=O) groups excluding carboxylic acids is 1. The van der Waals surface area contributed by atoms with E-state index in [1.54, 1.807) is 12.4 Å². The van der Waals surface area contributed by atoms with Gasteiger partial charge in [-0.3, -0.25) is 20.0 Å². The van der Waals surface area contributed by atoms with Crippen LogP contribution < -0.4 is 0 Å². The van der Waals surface area contributed by atoms with Gasteiger partial charge in [-0.2, -0.15) is 10.2 Å². The summed E-state index contributed by atoms with van der Waals surface area (Å²) in [6.07, 6.45) is 7.22. The Hall–Kier alpha value is -2.96. The maximum absolute atomic E-state index is 13.0. The molecule has 1 fully saturated rings. The molecule has 7 nitrogen and oxygen atoms in total. The topological polar surface area (TPSA) is 90.6 Å². The van der Waals surface area contributed by atoms with E-state index in [-0.39, 0.29) is 11.9 Å². The maximum Gasteiger partial charge on any atom is 0.274 e. The first-order chi connectivity index (χ1) is 12.6. The number of aromatic nitrogens is 5. The van der Waals surface area contributed by atoms with Crippen molar-refractivity contribution in [2.24, 2.45) is 0 Å². The Morgan fingerprint density at radius 3 is 2.81 bits per heavy atom. The van der Waals surface area contributed by atoms with Crippen molar-refractivity contribution < 1.29 is 4.79 Å². The van der Waals surface area contributed by atoms with Gasteiger partial charge in [-0.05, 0) is 42.5 Å². The second-order valence-electron chi connectivity index (χ2n) is 6.95. The highest BCUT2D eigenvalue weighted by Crippen LogP contribution is 2.37. The largest absolute Gasteiger partial charge is 0.329 e. The molecular formula is C19H22N6O. The van der Waals surface area contributed by atoms with Gasteiger partial charge in [0.2, 0.25) is 0 Å². The molecule has 3 aromatic heterocycles. The average Bonchev–Trinajstić information content (AvgIpc) is 3.40. The molecule has 7 heteroatoms. The summed E-state index contributed by atoms with van der Waals surface area (Å²) in [7, 11) is 0. The fraction of sp³-hybridized carbons (Fsp3) is 0.368. The van der Waals surface area contributed by atoms with Gasteiger partial charge in [0.1, 0.15) is 5.69 Å². The van der Waals surface area contributed by atoms with Crippen LogP contribution in [0.2, 0.25) is 0 Å². The van der Waals surface area contributed by atoms with E-state index in [1.807, 2.05) is 29.3 Å². The third-order valence-corrected chi connectivity index (χ3v) is 4.95. The Bertz CT molecular complexity index is 898. The van der Waals surface area contributed by atoms with Gasteiger partial charge >= 0.3 is 0 Å². The number of hydrogen-bond acceptors (Lipinski definition) is 4. The fourth-order valence-electron chi connectivity index (χ4n) is 3.51. The first-order valence-electron chi connectivity index (χ1n) is 8.95. The predicted octanol–water partition coefficient (Wildman–Crippen LogP) is 3.30. The van der Waals surface area contributed by atoms with Crippen LogP contribution in [0, 0.1) is 0 Å². The van der Waals surface area contributed by atoms with Crippen LogP contribution in [-0.2, 0) is 0 Å². The lowest BCUT2D eigenvalue weighted by Gasteiger charge is -2.24. The molecule has 0 spiro atoms. The van der Waals surface area contributed by atoms with Crippen LogP contribution >= 0.6 is 0 Å². The minimum atomic E-state index is -0.0362. The van der Waals surface area contributed by atoms with Gasteiger partial charge in [0.25, 0.3) is 5.91 Å². The first kappa shape index (κ1) is 16.5. The highest BCUT2D eigenvalue weighted by atomic mass is 16.2. The van der Waals surface area contributed by atoms with Crippen molar-refractivity contribution in [3.05, 3.63) is 53.9 Å². The minimum absolute atomic E-state index is 0.0210. The number of carbonyl (C=O) groups is 1. The number of nitrogens with zero attached hydrogens (tertiary/aromatic N) is 4. The van der Waals surface area contributed by atoms with E-state index in [1.165, 1.54) is 0 Å². The summed E-state index contributed by atoms with van der Waals surface area (Å²) in [5, 5.41) is 14.5. The highest BCUT2D eigenvalue weighted by molar-refractivity contribution is 5.93. The zero-order valence-corrected chi connectivity index (χ0v) is 14.9. The van der Waals surface area contributed by atoms with Crippen molar-refractivity contribution in [2.45, 2.75) is 38.6 Å². The minimum Gasteiger partial charge on any atom is -0.329 e. The first-order valence-corrected chi connectivity index (χ1v) is 8.95. The summed E-state index contributed by atoms with van der Waals surface area (Å²) < 4.78 is 0. The molecule has 1 amide bonds. The number of likely N-dealkylation sites (tertiary alicyclic amines) is 1. The predicted molar refractivity (Wildman–Crippen MR) is 97.5 cm³/mol. The Morgan fingerprint density at radius 2 is 2.08 bits per heavy atom. The third kappa shape index (κ3) is 2.89. The van der Waals surface area contributed by atoms with Gasteiger partial charge in [0.15, 0.2) is 0 Å². The molecule has 1 aliphatic heterocycles. The summed E-state index contributed by atoms with van der Waals surface area (Å²) in [5.74, 6) is 0.273. The normalized spacial score (nSPS) is 17.2. The number of hydrogen-bond donors (Lipinski definition) is 2. The van der Waals surface area contributed by atoms with E-state index in [0.29, 0.717) is 11.6 Å². The summed E-state index contributed by atoms with van der Waals surface area (Å²) in [6.45, 7) is 4.88. The molecule has 4 heterocycles. The fourth-order valence-corrected chi connectivity index (χ4v) is 3.51. The van der Waals surface area contributed by atoms with E-state index in [4.69, 9.17) is 0 Å². The molecule has 0 aliphatic carbocycles. The van der Waals surface area contributed by atoms with Gasteiger partial charge in [0, 0.05) is 30.2 Å². The van der Waals surface area contributed by atoms with Crippen LogP contribution in [0.25, 0.3) is 11.1 Å². The van der Waals surface area contributed by atoms with Crippen LogP contribution in [-0.4, -0.2) is 42.7 Å². The lowest BCUT2D eigenvalue weighted by molar-refractivity contribution is 0.0727. The maximum atomic E-state index is 13.0. The monoisotopic (exact) mass is 350 g/mol. The molecule has 0 aromatic carbocycles. The summed E-state index contributed by atoms with van der Waals surface area (Å²) in [6, 6.07) is 5.75. The van der Waals surface area contributed by atoms with E-state index in [0.717, 1.165) is 41.9 Å². The van der Waals surface area contributed by atoms with E-state index >= 15 is 0 Å². The Labute approximate surface area is 151 Å². The summed E-state index contributed by atoms with van der Waals surface area (Å²) in [4.78, 5) is 19.0. The van der Waals surface area contributed by atoms with Crippen molar-refractivity contribution in [1.29, 1.82) is 0 Å². The molecule has 3 aromatic rings. The number of rotatable bonds is 4. The van der Waals surface area contributed by atoms with Gasteiger partial charge in [-0.1, -0.05) is 13.8 Å². The van der Waals surface area contributed by atoms with Gasteiger partial charge in [0.05, 0.1) is 17.9 Å². The third-order valence-electron chi connectivity index (χ3n) is 4.95. The molecule has 0 unspecified atom stereocenters. The van der Waals surface area contributed by atoms with Gasteiger partial charge in [-0.15, -0.1) is 0 Å². The van der Waals surface area contributed by atoms with Crippen LogP contribution in [0.4, 0.5) is 0 Å². The molecule has 0 saturated carbocycles. The van der Waals surface area contributed by atoms with Crippen LogP contribution in [0.1, 0.15) is 60.5 Å². The van der Waals surface area contributed by atoms with Crippen LogP contribution in [0.15, 0.2) is 36.8 Å². The Morgan fingerprint density at radius 1 is 1.27 bits per heavy atom. The van der Waals surface area contributed by atoms with Crippen molar-refractivity contribution in [1.82, 2.24) is 30.3 Å². The molecular weight excluding hydrogens is 328 g/mol. The molecule has 4 rings (SSSR count). The highest BCUT2D eigenvalue weighted by Gasteiger charge is 2.34. The average molecular weight is 350 g/mol. The van der Waals surface area contributed by atoms with Crippen molar-refractivity contribution in [3.8, 4) is 11.1 Å². The number of pyridine rings is 1.